The Morgan fingerprint density at radius 1 is 0.960 bits per heavy atom. The minimum Gasteiger partial charge on any atom is -0.355 e. The number of aryl methyl sites for hydroxylation is 1. The number of hydrogen-bond donors (Lipinski definition) is 0. The van der Waals surface area contributed by atoms with Gasteiger partial charge in [-0.3, -0.25) is 4.79 Å². The van der Waals surface area contributed by atoms with Crippen molar-refractivity contribution in [2.24, 2.45) is 0 Å². The molecule has 2 heterocycles. The number of hydrogen-bond acceptors (Lipinski definition) is 2. The molecule has 2 aromatic carbocycles. The van der Waals surface area contributed by atoms with Crippen LogP contribution in [0, 0.1) is 6.92 Å². The summed E-state index contributed by atoms with van der Waals surface area (Å²) in [6.45, 7) is 10.2. The maximum Gasteiger partial charge on any atom is 0.194 e. The lowest BCUT2D eigenvalue weighted by Gasteiger charge is -2.36. The number of carbonyl (C=O) groups is 1. The molecule has 0 amide bonds. The number of Topliss-reactive ketones (excluding diaryl/α,β-unsaturated/α-hetero) is 1. The van der Waals surface area contributed by atoms with Crippen molar-refractivity contribution in [1.29, 1.82) is 0 Å². The Bertz CT molecular complexity index is 985. The molecule has 0 bridgehead atoms. The maximum atomic E-state index is 13.5. The van der Waals surface area contributed by atoms with Gasteiger partial charge in [0.05, 0.1) is 0 Å². The molecule has 4 rings (SSSR count). The van der Waals surface area contributed by atoms with Gasteiger partial charge in [0.2, 0.25) is 0 Å². The summed E-state index contributed by atoms with van der Waals surface area (Å²) in [6.07, 6.45) is 0. The third kappa shape index (κ3) is 1.89. The molecular weight excluding hydrogens is 308 g/mol. The van der Waals surface area contributed by atoms with Gasteiger partial charge in [0, 0.05) is 46.5 Å². The smallest absolute Gasteiger partial charge is 0.194 e. The highest BCUT2D eigenvalue weighted by atomic mass is 16.1. The lowest BCUT2D eigenvalue weighted by Crippen LogP contribution is -2.45. The van der Waals surface area contributed by atoms with E-state index in [0.29, 0.717) is 0 Å². The highest BCUT2D eigenvalue weighted by Gasteiger charge is 2.50. The number of likely N-dealkylation sites (N-methyl/N-ethyl adjacent to an activating group) is 1. The molecule has 3 nitrogen and oxygen atoms in total. The van der Waals surface area contributed by atoms with Crippen LogP contribution in [0.25, 0.3) is 10.9 Å². The molecule has 1 aromatic heterocycles. The van der Waals surface area contributed by atoms with Gasteiger partial charge in [-0.25, -0.2) is 0 Å². The zero-order valence-corrected chi connectivity index (χ0v) is 15.3. The van der Waals surface area contributed by atoms with Crippen molar-refractivity contribution in [3.8, 4) is 0 Å². The predicted octanol–water partition coefficient (Wildman–Crippen LogP) is 4.91. The Hall–Kier alpha value is -2.55. The highest BCUT2D eigenvalue weighted by molar-refractivity contribution is 6.15. The number of fused-ring (bicyclic) bond motifs is 2. The van der Waals surface area contributed by atoms with Gasteiger partial charge in [-0.05, 0) is 45.9 Å². The van der Waals surface area contributed by atoms with Crippen LogP contribution in [0.3, 0.4) is 0 Å². The molecule has 0 N–H and O–H groups in total. The topological polar surface area (TPSA) is 25.2 Å². The number of anilines is 1. The van der Waals surface area contributed by atoms with Crippen molar-refractivity contribution in [3.63, 3.8) is 0 Å². The van der Waals surface area contributed by atoms with Crippen LogP contribution >= 0.6 is 0 Å². The van der Waals surface area contributed by atoms with Crippen LogP contribution in [0.15, 0.2) is 48.5 Å². The van der Waals surface area contributed by atoms with Crippen molar-refractivity contribution in [2.45, 2.75) is 39.8 Å². The summed E-state index contributed by atoms with van der Waals surface area (Å²) >= 11 is 0. The average Bonchev–Trinajstić information content (AvgIpc) is 3.04. The molecule has 3 heteroatoms. The Morgan fingerprint density at radius 2 is 1.64 bits per heavy atom. The van der Waals surface area contributed by atoms with Crippen LogP contribution in [0.5, 0.6) is 0 Å². The number of ketones is 1. The summed E-state index contributed by atoms with van der Waals surface area (Å²) in [5, 5.41) is 1.18. The first-order valence-corrected chi connectivity index (χ1v) is 9.05. The van der Waals surface area contributed by atoms with E-state index in [1.807, 2.05) is 18.2 Å². The molecule has 1 unspecified atom stereocenters. The molecular formula is C22H24N2O. The van der Waals surface area contributed by atoms with Gasteiger partial charge in [0.15, 0.2) is 5.78 Å². The fourth-order valence-electron chi connectivity index (χ4n) is 4.71. The zero-order chi connectivity index (χ0) is 17.8. The summed E-state index contributed by atoms with van der Waals surface area (Å²) in [7, 11) is 0. The number of para-hydroxylation sites is 2. The summed E-state index contributed by atoms with van der Waals surface area (Å²) in [6, 6.07) is 16.4. The third-order valence-electron chi connectivity index (χ3n) is 5.77. The fraction of sp³-hybridized carbons (Fsp3) is 0.318. The van der Waals surface area contributed by atoms with E-state index in [-0.39, 0.29) is 5.78 Å². The Labute approximate surface area is 148 Å². The molecule has 0 saturated carbocycles. The van der Waals surface area contributed by atoms with Gasteiger partial charge in [-0.2, -0.15) is 0 Å². The Balaban J connectivity index is 2.07. The Kier molecular flexibility index (Phi) is 3.50. The molecule has 1 aliphatic heterocycles. The minimum atomic E-state index is -0.664. The normalized spacial score (nSPS) is 19.7. The summed E-state index contributed by atoms with van der Waals surface area (Å²) in [4.78, 5) is 15.8. The molecule has 25 heavy (non-hydrogen) atoms. The second-order valence-electron chi connectivity index (χ2n) is 6.88. The van der Waals surface area contributed by atoms with E-state index in [0.717, 1.165) is 29.9 Å². The maximum absolute atomic E-state index is 13.5. The number of rotatable bonds is 3. The van der Waals surface area contributed by atoms with Crippen molar-refractivity contribution in [1.82, 2.24) is 4.57 Å². The number of aromatic nitrogens is 1. The zero-order valence-electron chi connectivity index (χ0n) is 15.3. The van der Waals surface area contributed by atoms with Gasteiger partial charge in [-0.1, -0.05) is 30.3 Å². The summed E-state index contributed by atoms with van der Waals surface area (Å²) in [5.74, 6) is 0.201. The van der Waals surface area contributed by atoms with E-state index in [1.165, 1.54) is 16.6 Å². The Morgan fingerprint density at radius 3 is 2.36 bits per heavy atom. The van der Waals surface area contributed by atoms with E-state index in [1.54, 1.807) is 0 Å². The van der Waals surface area contributed by atoms with Crippen LogP contribution in [0.4, 0.5) is 5.69 Å². The molecule has 1 atom stereocenters. The number of carbonyl (C=O) groups excluding carboxylic acids is 1. The van der Waals surface area contributed by atoms with Gasteiger partial charge in [-0.15, -0.1) is 0 Å². The monoisotopic (exact) mass is 332 g/mol. The van der Waals surface area contributed by atoms with Crippen molar-refractivity contribution in [3.05, 3.63) is 65.4 Å². The first-order valence-electron chi connectivity index (χ1n) is 9.05. The highest BCUT2D eigenvalue weighted by Crippen LogP contribution is 2.48. The lowest BCUT2D eigenvalue weighted by atomic mass is 9.84. The SMILES string of the molecule is CCN1c2ccccc2C(=O)C1(C)c1c(C)n(CC)c2ccccc12. The summed E-state index contributed by atoms with van der Waals surface area (Å²) < 4.78 is 2.32. The molecule has 0 spiro atoms. The van der Waals surface area contributed by atoms with Crippen LogP contribution < -0.4 is 4.90 Å². The molecule has 3 aromatic rings. The van der Waals surface area contributed by atoms with E-state index in [4.69, 9.17) is 0 Å². The van der Waals surface area contributed by atoms with Gasteiger partial charge in [0.25, 0.3) is 0 Å². The number of benzene rings is 2. The summed E-state index contributed by atoms with van der Waals surface area (Å²) in [5.41, 5.74) is 4.75. The largest absolute Gasteiger partial charge is 0.355 e. The third-order valence-corrected chi connectivity index (χ3v) is 5.77. The lowest BCUT2D eigenvalue weighted by molar-refractivity contribution is 0.0911. The molecule has 0 fully saturated rings. The van der Waals surface area contributed by atoms with Gasteiger partial charge >= 0.3 is 0 Å². The quantitative estimate of drug-likeness (QED) is 0.681. The molecule has 0 radical (unpaired) electrons. The van der Waals surface area contributed by atoms with Gasteiger partial charge in [0.1, 0.15) is 5.54 Å². The fourth-order valence-corrected chi connectivity index (χ4v) is 4.71. The molecule has 128 valence electrons. The van der Waals surface area contributed by atoms with Crippen LogP contribution in [-0.2, 0) is 12.1 Å². The van der Waals surface area contributed by atoms with Crippen molar-refractivity contribution in [2.75, 3.05) is 11.4 Å². The standard InChI is InChI=1S/C22H24N2O/c1-5-23-15(3)20(16-11-7-9-13-18(16)23)22(4)21(25)17-12-8-10-14-19(17)24(22)6-2/h7-14H,5-6H2,1-4H3. The first kappa shape index (κ1) is 15.9. The predicted molar refractivity (Wildman–Crippen MR) is 103 cm³/mol. The van der Waals surface area contributed by atoms with Crippen molar-refractivity contribution < 1.29 is 4.79 Å². The van der Waals surface area contributed by atoms with Crippen molar-refractivity contribution >= 4 is 22.4 Å². The average molecular weight is 332 g/mol. The van der Waals surface area contributed by atoms with Crippen LogP contribution in [-0.4, -0.2) is 16.9 Å². The number of nitrogens with zero attached hydrogens (tertiary/aromatic N) is 2. The first-order chi connectivity index (χ1) is 12.1. The van der Waals surface area contributed by atoms with E-state index >= 15 is 0 Å². The molecule has 0 saturated heterocycles. The molecule has 0 aliphatic carbocycles. The van der Waals surface area contributed by atoms with Crippen LogP contribution in [0.1, 0.15) is 42.4 Å². The molecule has 1 aliphatic rings. The van der Waals surface area contributed by atoms with E-state index in [2.05, 4.69) is 67.5 Å². The van der Waals surface area contributed by atoms with E-state index < -0.39 is 5.54 Å². The second-order valence-corrected chi connectivity index (χ2v) is 6.88. The van der Waals surface area contributed by atoms with Crippen LogP contribution in [0.2, 0.25) is 0 Å². The second kappa shape index (κ2) is 5.48. The van der Waals surface area contributed by atoms with E-state index in [9.17, 15) is 4.79 Å². The van der Waals surface area contributed by atoms with Gasteiger partial charge < -0.3 is 9.47 Å². The minimum absolute atomic E-state index is 0.201.